The van der Waals surface area contributed by atoms with Crippen LogP contribution in [-0.4, -0.2) is 37.1 Å². The van der Waals surface area contributed by atoms with Crippen LogP contribution in [-0.2, 0) is 0 Å². The first-order chi connectivity index (χ1) is 6.95. The molecule has 14 heavy (non-hydrogen) atoms. The van der Waals surface area contributed by atoms with Gasteiger partial charge in [0.1, 0.15) is 0 Å². The van der Waals surface area contributed by atoms with E-state index < -0.39 is 0 Å². The van der Waals surface area contributed by atoms with Crippen LogP contribution in [0, 0.1) is 11.8 Å². The maximum absolute atomic E-state index is 3.57. The van der Waals surface area contributed by atoms with E-state index in [1.54, 1.807) is 0 Å². The van der Waals surface area contributed by atoms with Gasteiger partial charge in [-0.3, -0.25) is 0 Å². The highest BCUT2D eigenvalue weighted by atomic mass is 15.2. The first-order valence-corrected chi connectivity index (χ1v) is 6.40. The molecule has 2 nitrogen and oxygen atoms in total. The molecule has 2 heterocycles. The summed E-state index contributed by atoms with van der Waals surface area (Å²) in [5, 5.41) is 3.57. The van der Waals surface area contributed by atoms with Crippen LogP contribution < -0.4 is 5.32 Å². The SMILES string of the molecule is C1CCN([C@@H]2CC[C@H]3CNC[C@H]32)CC1. The second-order valence-corrected chi connectivity index (χ2v) is 5.32. The number of nitrogens with zero attached hydrogens (tertiary/aromatic N) is 1. The second kappa shape index (κ2) is 3.82. The summed E-state index contributed by atoms with van der Waals surface area (Å²) in [6, 6.07) is 0.940. The minimum atomic E-state index is 0.940. The Morgan fingerprint density at radius 2 is 1.79 bits per heavy atom. The monoisotopic (exact) mass is 194 g/mol. The lowest BCUT2D eigenvalue weighted by Gasteiger charge is -2.35. The lowest BCUT2D eigenvalue weighted by Crippen LogP contribution is -2.42. The van der Waals surface area contributed by atoms with E-state index in [1.807, 2.05) is 0 Å². The number of likely N-dealkylation sites (tertiary alicyclic amines) is 1. The number of piperidine rings is 1. The maximum Gasteiger partial charge on any atom is 0.0139 e. The van der Waals surface area contributed by atoms with E-state index in [4.69, 9.17) is 0 Å². The topological polar surface area (TPSA) is 15.3 Å². The number of hydrogen-bond acceptors (Lipinski definition) is 2. The highest BCUT2D eigenvalue weighted by Gasteiger charge is 2.41. The van der Waals surface area contributed by atoms with Crippen LogP contribution in [0.15, 0.2) is 0 Å². The fourth-order valence-electron chi connectivity index (χ4n) is 3.82. The number of nitrogens with one attached hydrogen (secondary N) is 1. The van der Waals surface area contributed by atoms with Crippen LogP contribution in [0.1, 0.15) is 32.1 Å². The summed E-state index contributed by atoms with van der Waals surface area (Å²) < 4.78 is 0. The first kappa shape index (κ1) is 9.17. The molecule has 1 N–H and O–H groups in total. The second-order valence-electron chi connectivity index (χ2n) is 5.32. The summed E-state index contributed by atoms with van der Waals surface area (Å²) in [4.78, 5) is 2.79. The summed E-state index contributed by atoms with van der Waals surface area (Å²) in [5.74, 6) is 2.01. The predicted octanol–water partition coefficient (Wildman–Crippen LogP) is 1.47. The van der Waals surface area contributed by atoms with Crippen LogP contribution in [0.5, 0.6) is 0 Å². The number of fused-ring (bicyclic) bond motifs is 1. The average molecular weight is 194 g/mol. The third kappa shape index (κ3) is 1.49. The fraction of sp³-hybridized carbons (Fsp3) is 1.00. The molecule has 0 amide bonds. The molecule has 0 aromatic heterocycles. The zero-order valence-corrected chi connectivity index (χ0v) is 9.04. The molecule has 2 heteroatoms. The molecule has 0 spiro atoms. The Morgan fingerprint density at radius 1 is 0.929 bits per heavy atom. The van der Waals surface area contributed by atoms with E-state index in [2.05, 4.69) is 10.2 Å². The Balaban J connectivity index is 1.66. The van der Waals surface area contributed by atoms with Crippen molar-refractivity contribution in [2.45, 2.75) is 38.1 Å². The molecule has 0 unspecified atom stereocenters. The maximum atomic E-state index is 3.57. The van der Waals surface area contributed by atoms with Gasteiger partial charge in [-0.1, -0.05) is 6.42 Å². The molecule has 3 rings (SSSR count). The van der Waals surface area contributed by atoms with Gasteiger partial charge in [0.2, 0.25) is 0 Å². The van der Waals surface area contributed by atoms with E-state index in [9.17, 15) is 0 Å². The summed E-state index contributed by atoms with van der Waals surface area (Å²) in [6.07, 6.45) is 7.33. The molecular weight excluding hydrogens is 172 g/mol. The molecule has 0 radical (unpaired) electrons. The summed E-state index contributed by atoms with van der Waals surface area (Å²) >= 11 is 0. The Morgan fingerprint density at radius 3 is 2.64 bits per heavy atom. The summed E-state index contributed by atoms with van der Waals surface area (Å²) in [7, 11) is 0. The number of hydrogen-bond donors (Lipinski definition) is 1. The van der Waals surface area contributed by atoms with Gasteiger partial charge < -0.3 is 10.2 Å². The summed E-state index contributed by atoms with van der Waals surface area (Å²) in [5.41, 5.74) is 0. The van der Waals surface area contributed by atoms with E-state index in [-0.39, 0.29) is 0 Å². The van der Waals surface area contributed by atoms with Crippen LogP contribution in [0.2, 0.25) is 0 Å². The van der Waals surface area contributed by atoms with Crippen molar-refractivity contribution in [2.75, 3.05) is 26.2 Å². The molecule has 2 saturated heterocycles. The fourth-order valence-corrected chi connectivity index (χ4v) is 3.82. The average Bonchev–Trinajstić information content (AvgIpc) is 2.79. The molecular formula is C12H22N2. The van der Waals surface area contributed by atoms with Crippen molar-refractivity contribution in [1.29, 1.82) is 0 Å². The molecule has 1 aliphatic carbocycles. The molecule has 3 fully saturated rings. The van der Waals surface area contributed by atoms with Gasteiger partial charge in [-0.2, -0.15) is 0 Å². The Bertz CT molecular complexity index is 198. The van der Waals surface area contributed by atoms with Crippen LogP contribution >= 0.6 is 0 Å². The highest BCUT2D eigenvalue weighted by Crippen LogP contribution is 2.38. The Hall–Kier alpha value is -0.0800. The minimum Gasteiger partial charge on any atom is -0.316 e. The third-order valence-electron chi connectivity index (χ3n) is 4.58. The molecule has 1 saturated carbocycles. The molecule has 0 aromatic rings. The molecule has 3 atom stereocenters. The van der Waals surface area contributed by atoms with Gasteiger partial charge in [0, 0.05) is 6.04 Å². The van der Waals surface area contributed by atoms with Gasteiger partial charge in [0.15, 0.2) is 0 Å². The molecule has 2 aliphatic heterocycles. The normalized spacial score (nSPS) is 44.1. The predicted molar refractivity (Wildman–Crippen MR) is 58.3 cm³/mol. The van der Waals surface area contributed by atoms with Crippen LogP contribution in [0.4, 0.5) is 0 Å². The highest BCUT2D eigenvalue weighted by molar-refractivity contribution is 4.97. The van der Waals surface area contributed by atoms with Gasteiger partial charge in [-0.15, -0.1) is 0 Å². The summed E-state index contributed by atoms with van der Waals surface area (Å²) in [6.45, 7) is 5.36. The lowest BCUT2D eigenvalue weighted by atomic mass is 9.95. The van der Waals surface area contributed by atoms with E-state index >= 15 is 0 Å². The first-order valence-electron chi connectivity index (χ1n) is 6.40. The van der Waals surface area contributed by atoms with Crippen molar-refractivity contribution in [3.8, 4) is 0 Å². The van der Waals surface area contributed by atoms with Crippen molar-refractivity contribution in [3.05, 3.63) is 0 Å². The van der Waals surface area contributed by atoms with Gasteiger partial charge in [0.25, 0.3) is 0 Å². The quantitative estimate of drug-likeness (QED) is 0.680. The van der Waals surface area contributed by atoms with E-state index in [1.165, 1.54) is 58.3 Å². The van der Waals surface area contributed by atoms with E-state index in [0.717, 1.165) is 17.9 Å². The Kier molecular flexibility index (Phi) is 2.50. The van der Waals surface area contributed by atoms with Gasteiger partial charge in [-0.05, 0) is 63.7 Å². The Labute approximate surface area is 87.0 Å². The van der Waals surface area contributed by atoms with Crippen molar-refractivity contribution < 1.29 is 0 Å². The van der Waals surface area contributed by atoms with Gasteiger partial charge in [-0.25, -0.2) is 0 Å². The van der Waals surface area contributed by atoms with Crippen molar-refractivity contribution >= 4 is 0 Å². The van der Waals surface area contributed by atoms with Crippen LogP contribution in [0.25, 0.3) is 0 Å². The van der Waals surface area contributed by atoms with Crippen molar-refractivity contribution in [3.63, 3.8) is 0 Å². The largest absolute Gasteiger partial charge is 0.316 e. The smallest absolute Gasteiger partial charge is 0.0139 e. The van der Waals surface area contributed by atoms with E-state index in [0.29, 0.717) is 0 Å². The lowest BCUT2D eigenvalue weighted by molar-refractivity contribution is 0.132. The minimum absolute atomic E-state index is 0.940. The molecule has 3 aliphatic rings. The van der Waals surface area contributed by atoms with Crippen LogP contribution in [0.3, 0.4) is 0 Å². The molecule has 0 aromatic carbocycles. The molecule has 0 bridgehead atoms. The molecule has 80 valence electrons. The van der Waals surface area contributed by atoms with Gasteiger partial charge in [0.05, 0.1) is 0 Å². The standard InChI is InChI=1S/C12H22N2/c1-2-6-14(7-3-1)12-5-4-10-8-13-9-11(10)12/h10-13H,1-9H2/t10-,11+,12+/m0/s1. The number of rotatable bonds is 1. The third-order valence-corrected chi connectivity index (χ3v) is 4.58. The zero-order valence-electron chi connectivity index (χ0n) is 9.04. The van der Waals surface area contributed by atoms with Crippen molar-refractivity contribution in [1.82, 2.24) is 10.2 Å². The van der Waals surface area contributed by atoms with Gasteiger partial charge >= 0.3 is 0 Å². The van der Waals surface area contributed by atoms with Crippen molar-refractivity contribution in [2.24, 2.45) is 11.8 Å². The zero-order chi connectivity index (χ0) is 9.38.